The molecule has 2 fully saturated rings. The lowest BCUT2D eigenvalue weighted by Crippen LogP contribution is -2.56. The number of hydrogen-bond donors (Lipinski definition) is 2. The second kappa shape index (κ2) is 3.56. The fourth-order valence-electron chi connectivity index (χ4n) is 2.20. The molecule has 13 heavy (non-hydrogen) atoms. The van der Waals surface area contributed by atoms with Gasteiger partial charge in [0, 0.05) is 24.7 Å². The minimum absolute atomic E-state index is 0.179. The molecular weight excluding hydrogens is 164 g/mol. The number of rotatable bonds is 3. The van der Waals surface area contributed by atoms with Crippen LogP contribution in [-0.4, -0.2) is 30.8 Å². The third kappa shape index (κ3) is 2.22. The largest absolute Gasteiger partial charge is 0.378 e. The van der Waals surface area contributed by atoms with Crippen molar-refractivity contribution < 1.29 is 4.74 Å². The van der Waals surface area contributed by atoms with Gasteiger partial charge in [0.05, 0.1) is 6.10 Å². The zero-order valence-corrected chi connectivity index (χ0v) is 8.38. The maximum absolute atomic E-state index is 5.86. The van der Waals surface area contributed by atoms with Gasteiger partial charge in [0.15, 0.2) is 0 Å². The SMILES string of the molecule is CC1CC(CN)(NC2CC2)CCO1. The van der Waals surface area contributed by atoms with E-state index in [1.165, 1.54) is 12.8 Å². The van der Waals surface area contributed by atoms with Crippen LogP contribution < -0.4 is 11.1 Å². The van der Waals surface area contributed by atoms with E-state index >= 15 is 0 Å². The topological polar surface area (TPSA) is 47.3 Å². The molecule has 3 nitrogen and oxygen atoms in total. The van der Waals surface area contributed by atoms with Crippen molar-refractivity contribution in [1.29, 1.82) is 0 Å². The van der Waals surface area contributed by atoms with Crippen molar-refractivity contribution in [2.24, 2.45) is 5.73 Å². The Kier molecular flexibility index (Phi) is 2.58. The molecule has 2 rings (SSSR count). The van der Waals surface area contributed by atoms with Crippen molar-refractivity contribution in [2.75, 3.05) is 13.2 Å². The van der Waals surface area contributed by atoms with Crippen LogP contribution in [0.5, 0.6) is 0 Å². The summed E-state index contributed by atoms with van der Waals surface area (Å²) in [6.45, 7) is 3.74. The molecule has 2 atom stereocenters. The monoisotopic (exact) mass is 184 g/mol. The van der Waals surface area contributed by atoms with Gasteiger partial charge in [0.1, 0.15) is 0 Å². The van der Waals surface area contributed by atoms with Crippen LogP contribution >= 0.6 is 0 Å². The minimum Gasteiger partial charge on any atom is -0.378 e. The first kappa shape index (κ1) is 9.44. The lowest BCUT2D eigenvalue weighted by Gasteiger charge is -2.40. The van der Waals surface area contributed by atoms with Crippen LogP contribution in [0.25, 0.3) is 0 Å². The van der Waals surface area contributed by atoms with Crippen molar-refractivity contribution in [1.82, 2.24) is 5.32 Å². The molecule has 2 unspecified atom stereocenters. The molecule has 3 heteroatoms. The summed E-state index contributed by atoms with van der Waals surface area (Å²) in [7, 11) is 0. The van der Waals surface area contributed by atoms with Gasteiger partial charge in [-0.05, 0) is 32.6 Å². The maximum atomic E-state index is 5.86. The summed E-state index contributed by atoms with van der Waals surface area (Å²) in [6, 6.07) is 0.744. The Hall–Kier alpha value is -0.120. The summed E-state index contributed by atoms with van der Waals surface area (Å²) < 4.78 is 5.54. The molecule has 1 saturated heterocycles. The molecule has 0 aromatic heterocycles. The first-order chi connectivity index (χ1) is 6.24. The smallest absolute Gasteiger partial charge is 0.0565 e. The van der Waals surface area contributed by atoms with Gasteiger partial charge >= 0.3 is 0 Å². The van der Waals surface area contributed by atoms with Gasteiger partial charge in [-0.15, -0.1) is 0 Å². The molecule has 1 saturated carbocycles. The van der Waals surface area contributed by atoms with Crippen molar-refractivity contribution in [3.63, 3.8) is 0 Å². The highest BCUT2D eigenvalue weighted by Gasteiger charge is 2.38. The molecule has 0 bridgehead atoms. The first-order valence-corrected chi connectivity index (χ1v) is 5.33. The van der Waals surface area contributed by atoms with Crippen LogP contribution in [0.3, 0.4) is 0 Å². The molecule has 2 aliphatic rings. The van der Waals surface area contributed by atoms with Gasteiger partial charge in [-0.1, -0.05) is 0 Å². The molecule has 1 aliphatic carbocycles. The number of ether oxygens (including phenoxy) is 1. The average molecular weight is 184 g/mol. The van der Waals surface area contributed by atoms with E-state index in [9.17, 15) is 0 Å². The summed E-state index contributed by atoms with van der Waals surface area (Å²) in [5, 5.41) is 3.68. The Morgan fingerprint density at radius 2 is 2.31 bits per heavy atom. The summed E-state index contributed by atoms with van der Waals surface area (Å²) >= 11 is 0. The second-order valence-corrected chi connectivity index (χ2v) is 4.54. The van der Waals surface area contributed by atoms with E-state index in [1.807, 2.05) is 0 Å². The van der Waals surface area contributed by atoms with Gasteiger partial charge in [0.25, 0.3) is 0 Å². The zero-order chi connectivity index (χ0) is 9.31. The third-order valence-corrected chi connectivity index (χ3v) is 3.14. The molecule has 0 amide bonds. The zero-order valence-electron chi connectivity index (χ0n) is 8.38. The Bertz CT molecular complexity index is 178. The molecule has 0 aromatic carbocycles. The van der Waals surface area contributed by atoms with Gasteiger partial charge in [-0.25, -0.2) is 0 Å². The van der Waals surface area contributed by atoms with Crippen molar-refractivity contribution in [3.8, 4) is 0 Å². The first-order valence-electron chi connectivity index (χ1n) is 5.33. The fourth-order valence-corrected chi connectivity index (χ4v) is 2.20. The Morgan fingerprint density at radius 3 is 2.85 bits per heavy atom. The molecule has 1 aliphatic heterocycles. The van der Waals surface area contributed by atoms with Crippen molar-refractivity contribution in [2.45, 2.75) is 50.3 Å². The standard InChI is InChI=1S/C10H20N2O/c1-8-6-10(7-11,4-5-13-8)12-9-2-3-9/h8-9,12H,2-7,11H2,1H3. The summed E-state index contributed by atoms with van der Waals surface area (Å²) in [4.78, 5) is 0. The van der Waals surface area contributed by atoms with E-state index in [2.05, 4.69) is 12.2 Å². The van der Waals surface area contributed by atoms with Crippen molar-refractivity contribution >= 4 is 0 Å². The molecule has 0 aromatic rings. The van der Waals surface area contributed by atoms with E-state index in [-0.39, 0.29) is 5.54 Å². The number of nitrogens with one attached hydrogen (secondary N) is 1. The lowest BCUT2D eigenvalue weighted by atomic mass is 9.87. The molecule has 0 spiro atoms. The van der Waals surface area contributed by atoms with Crippen LogP contribution in [0.2, 0.25) is 0 Å². The summed E-state index contributed by atoms with van der Waals surface area (Å²) in [5.41, 5.74) is 6.04. The normalized spacial score (nSPS) is 40.6. The average Bonchev–Trinajstić information content (AvgIpc) is 2.88. The van der Waals surface area contributed by atoms with E-state index in [1.54, 1.807) is 0 Å². The van der Waals surface area contributed by atoms with Crippen molar-refractivity contribution in [3.05, 3.63) is 0 Å². The quantitative estimate of drug-likeness (QED) is 0.676. The Labute approximate surface area is 80.0 Å². The van der Waals surface area contributed by atoms with E-state index in [0.717, 1.165) is 32.0 Å². The molecule has 0 radical (unpaired) electrons. The molecular formula is C10H20N2O. The van der Waals surface area contributed by atoms with Gasteiger partial charge in [-0.2, -0.15) is 0 Å². The Morgan fingerprint density at radius 1 is 1.54 bits per heavy atom. The van der Waals surface area contributed by atoms with Gasteiger partial charge < -0.3 is 15.8 Å². The van der Waals surface area contributed by atoms with Crippen LogP contribution in [0.4, 0.5) is 0 Å². The summed E-state index contributed by atoms with van der Waals surface area (Å²) in [6.07, 6.45) is 5.17. The van der Waals surface area contributed by atoms with Crippen LogP contribution in [0.15, 0.2) is 0 Å². The Balaban J connectivity index is 1.94. The summed E-state index contributed by atoms with van der Waals surface area (Å²) in [5.74, 6) is 0. The van der Waals surface area contributed by atoms with E-state index < -0.39 is 0 Å². The predicted molar refractivity (Wildman–Crippen MR) is 52.6 cm³/mol. The van der Waals surface area contributed by atoms with Gasteiger partial charge in [-0.3, -0.25) is 0 Å². The highest BCUT2D eigenvalue weighted by Crippen LogP contribution is 2.29. The molecule has 76 valence electrons. The highest BCUT2D eigenvalue weighted by atomic mass is 16.5. The van der Waals surface area contributed by atoms with E-state index in [0.29, 0.717) is 6.10 Å². The number of nitrogens with two attached hydrogens (primary N) is 1. The molecule has 3 N–H and O–H groups in total. The van der Waals surface area contributed by atoms with Crippen LogP contribution in [-0.2, 0) is 4.74 Å². The maximum Gasteiger partial charge on any atom is 0.0565 e. The van der Waals surface area contributed by atoms with Crippen LogP contribution in [0.1, 0.15) is 32.6 Å². The minimum atomic E-state index is 0.179. The molecule has 1 heterocycles. The second-order valence-electron chi connectivity index (χ2n) is 4.54. The fraction of sp³-hybridized carbons (Fsp3) is 1.00. The van der Waals surface area contributed by atoms with Gasteiger partial charge in [0.2, 0.25) is 0 Å². The number of hydrogen-bond acceptors (Lipinski definition) is 3. The predicted octanol–water partition coefficient (Wildman–Crippen LogP) is 0.635. The lowest BCUT2D eigenvalue weighted by molar-refractivity contribution is -0.0167. The highest BCUT2D eigenvalue weighted by molar-refractivity contribution is 4.98. The van der Waals surface area contributed by atoms with E-state index in [4.69, 9.17) is 10.5 Å². The van der Waals surface area contributed by atoms with Crippen LogP contribution in [0, 0.1) is 0 Å². The third-order valence-electron chi connectivity index (χ3n) is 3.14.